The smallest absolute Gasteiger partial charge is 0.206 e. The van der Waals surface area contributed by atoms with Crippen molar-refractivity contribution in [3.8, 4) is 0 Å². The van der Waals surface area contributed by atoms with Crippen molar-refractivity contribution in [1.82, 2.24) is 10.7 Å². The van der Waals surface area contributed by atoms with Gasteiger partial charge < -0.3 is 14.8 Å². The van der Waals surface area contributed by atoms with E-state index in [1.165, 1.54) is 0 Å². The van der Waals surface area contributed by atoms with Gasteiger partial charge in [-0.25, -0.2) is 5.84 Å². The predicted molar refractivity (Wildman–Crippen MR) is 72.2 cm³/mol. The fourth-order valence-electron chi connectivity index (χ4n) is 2.22. The molecule has 1 aliphatic rings. The molecule has 1 fully saturated rings. The number of rotatable bonds is 6. The van der Waals surface area contributed by atoms with Crippen molar-refractivity contribution in [1.29, 1.82) is 0 Å². The van der Waals surface area contributed by atoms with Crippen LogP contribution in [0.2, 0.25) is 0 Å². The van der Waals surface area contributed by atoms with E-state index in [-0.39, 0.29) is 6.04 Å². The fraction of sp³-hybridized carbons (Fsp3) is 0.917. The van der Waals surface area contributed by atoms with Gasteiger partial charge in [-0.1, -0.05) is 6.92 Å². The summed E-state index contributed by atoms with van der Waals surface area (Å²) in [7, 11) is 1.67. The molecule has 1 heterocycles. The monoisotopic (exact) mass is 258 g/mol. The summed E-state index contributed by atoms with van der Waals surface area (Å²) in [6.45, 7) is 6.37. The van der Waals surface area contributed by atoms with E-state index in [1.807, 2.05) is 6.92 Å². The summed E-state index contributed by atoms with van der Waals surface area (Å²) in [4.78, 5) is 4.48. The Labute approximate surface area is 109 Å². The molecule has 3 atom stereocenters. The second-order valence-corrected chi connectivity index (χ2v) is 4.70. The number of hydrogen-bond acceptors (Lipinski definition) is 4. The zero-order valence-corrected chi connectivity index (χ0v) is 11.6. The quantitative estimate of drug-likeness (QED) is 0.275. The highest BCUT2D eigenvalue weighted by molar-refractivity contribution is 5.79. The van der Waals surface area contributed by atoms with Gasteiger partial charge in [-0.2, -0.15) is 0 Å². The van der Waals surface area contributed by atoms with Crippen molar-refractivity contribution < 1.29 is 9.47 Å². The highest BCUT2D eigenvalue weighted by atomic mass is 16.5. The third kappa shape index (κ3) is 4.80. The maximum absolute atomic E-state index is 5.64. The molecule has 106 valence electrons. The van der Waals surface area contributed by atoms with Gasteiger partial charge in [-0.05, 0) is 19.8 Å². The normalized spacial score (nSPS) is 26.1. The van der Waals surface area contributed by atoms with Crippen LogP contribution in [-0.4, -0.2) is 45.0 Å². The van der Waals surface area contributed by atoms with Gasteiger partial charge in [0.15, 0.2) is 0 Å². The molecule has 0 aliphatic carbocycles. The van der Waals surface area contributed by atoms with Crippen LogP contribution in [0.4, 0.5) is 0 Å². The van der Waals surface area contributed by atoms with E-state index in [0.717, 1.165) is 26.0 Å². The molecule has 18 heavy (non-hydrogen) atoms. The van der Waals surface area contributed by atoms with Crippen LogP contribution in [0.5, 0.6) is 0 Å². The lowest BCUT2D eigenvalue weighted by Gasteiger charge is -2.18. The van der Waals surface area contributed by atoms with Gasteiger partial charge in [-0.3, -0.25) is 10.4 Å². The number of ether oxygens (including phenoxy) is 2. The molecule has 0 saturated carbocycles. The minimum absolute atomic E-state index is 0.173. The summed E-state index contributed by atoms with van der Waals surface area (Å²) in [5.41, 5.74) is 2.59. The molecular weight excluding hydrogens is 232 g/mol. The Bertz CT molecular complexity index is 260. The van der Waals surface area contributed by atoms with E-state index in [1.54, 1.807) is 7.11 Å². The molecule has 0 radical (unpaired) electrons. The molecule has 4 N–H and O–H groups in total. The first-order chi connectivity index (χ1) is 8.71. The SMILES string of the molecule is CCC1OCCC1CN=C(NN)NC(C)COC. The van der Waals surface area contributed by atoms with Crippen LogP contribution in [0.3, 0.4) is 0 Å². The number of aliphatic imine (C=N–C) groups is 1. The molecule has 6 heteroatoms. The topological polar surface area (TPSA) is 80.9 Å². The Kier molecular flexibility index (Phi) is 7.00. The fourth-order valence-corrected chi connectivity index (χ4v) is 2.22. The first kappa shape index (κ1) is 15.2. The molecule has 3 unspecified atom stereocenters. The Balaban J connectivity index is 2.41. The molecule has 0 spiro atoms. The summed E-state index contributed by atoms with van der Waals surface area (Å²) >= 11 is 0. The zero-order valence-electron chi connectivity index (χ0n) is 11.6. The molecule has 0 aromatic carbocycles. The van der Waals surface area contributed by atoms with Crippen LogP contribution in [0.1, 0.15) is 26.7 Å². The summed E-state index contributed by atoms with van der Waals surface area (Å²) in [6, 6.07) is 0.173. The predicted octanol–water partition coefficient (Wildman–Crippen LogP) is 0.245. The third-order valence-corrected chi connectivity index (χ3v) is 3.17. The van der Waals surface area contributed by atoms with Crippen LogP contribution in [-0.2, 0) is 9.47 Å². The van der Waals surface area contributed by atoms with Crippen molar-refractivity contribution in [2.75, 3.05) is 26.9 Å². The standard InChI is InChI=1S/C12H26N4O2/c1-4-11-10(5-6-18-11)7-14-12(16-13)15-9(2)8-17-3/h9-11H,4-8,13H2,1-3H3,(H2,14,15,16). The van der Waals surface area contributed by atoms with Crippen LogP contribution in [0.25, 0.3) is 0 Å². The number of nitrogens with one attached hydrogen (secondary N) is 2. The lowest BCUT2D eigenvalue weighted by molar-refractivity contribution is 0.0892. The van der Waals surface area contributed by atoms with Gasteiger partial charge >= 0.3 is 0 Å². The average Bonchev–Trinajstić information content (AvgIpc) is 2.82. The zero-order chi connectivity index (χ0) is 13.4. The van der Waals surface area contributed by atoms with Crippen molar-refractivity contribution in [2.45, 2.75) is 38.8 Å². The lowest BCUT2D eigenvalue weighted by atomic mass is 10.0. The number of methoxy groups -OCH3 is 1. The van der Waals surface area contributed by atoms with Gasteiger partial charge in [0, 0.05) is 32.2 Å². The highest BCUT2D eigenvalue weighted by Crippen LogP contribution is 2.23. The molecule has 0 aromatic rings. The maximum Gasteiger partial charge on any atom is 0.206 e. The van der Waals surface area contributed by atoms with Crippen LogP contribution < -0.4 is 16.6 Å². The summed E-state index contributed by atoms with van der Waals surface area (Å²) < 4.78 is 10.7. The molecule has 1 saturated heterocycles. The number of hydrogen-bond donors (Lipinski definition) is 3. The second-order valence-electron chi connectivity index (χ2n) is 4.70. The molecule has 1 rings (SSSR count). The van der Waals surface area contributed by atoms with E-state index < -0.39 is 0 Å². The molecular formula is C12H26N4O2. The van der Waals surface area contributed by atoms with Crippen molar-refractivity contribution >= 4 is 5.96 Å². The van der Waals surface area contributed by atoms with Gasteiger partial charge in [0.05, 0.1) is 12.7 Å². The van der Waals surface area contributed by atoms with Gasteiger partial charge in [0.2, 0.25) is 5.96 Å². The largest absolute Gasteiger partial charge is 0.383 e. The number of hydrazine groups is 1. The van der Waals surface area contributed by atoms with Crippen molar-refractivity contribution in [2.24, 2.45) is 16.8 Å². The first-order valence-electron chi connectivity index (χ1n) is 6.59. The Morgan fingerprint density at radius 3 is 3.00 bits per heavy atom. The lowest BCUT2D eigenvalue weighted by Crippen LogP contribution is -2.47. The molecule has 6 nitrogen and oxygen atoms in total. The van der Waals surface area contributed by atoms with E-state index >= 15 is 0 Å². The second kappa shape index (κ2) is 8.29. The van der Waals surface area contributed by atoms with Gasteiger partial charge in [0.25, 0.3) is 0 Å². The van der Waals surface area contributed by atoms with Gasteiger partial charge in [0.1, 0.15) is 0 Å². The maximum atomic E-state index is 5.64. The summed E-state index contributed by atoms with van der Waals surface area (Å²) in [5, 5.41) is 3.17. The van der Waals surface area contributed by atoms with Crippen LogP contribution in [0.15, 0.2) is 4.99 Å². The minimum atomic E-state index is 0.173. The molecule has 0 bridgehead atoms. The highest BCUT2D eigenvalue weighted by Gasteiger charge is 2.26. The number of nitrogens with zero attached hydrogens (tertiary/aromatic N) is 1. The first-order valence-corrected chi connectivity index (χ1v) is 6.59. The Morgan fingerprint density at radius 2 is 2.39 bits per heavy atom. The Morgan fingerprint density at radius 1 is 1.61 bits per heavy atom. The average molecular weight is 258 g/mol. The van der Waals surface area contributed by atoms with Crippen molar-refractivity contribution in [3.05, 3.63) is 0 Å². The van der Waals surface area contributed by atoms with Crippen LogP contribution in [0, 0.1) is 5.92 Å². The van der Waals surface area contributed by atoms with Crippen LogP contribution >= 0.6 is 0 Å². The molecule has 0 aromatic heterocycles. The third-order valence-electron chi connectivity index (χ3n) is 3.17. The minimum Gasteiger partial charge on any atom is -0.383 e. The summed E-state index contributed by atoms with van der Waals surface area (Å²) in [6.07, 6.45) is 2.45. The van der Waals surface area contributed by atoms with E-state index in [0.29, 0.717) is 24.6 Å². The number of nitrogens with two attached hydrogens (primary N) is 1. The Hall–Kier alpha value is -0.850. The number of guanidine groups is 1. The van der Waals surface area contributed by atoms with Crippen molar-refractivity contribution in [3.63, 3.8) is 0 Å². The molecule has 1 aliphatic heterocycles. The van der Waals surface area contributed by atoms with E-state index in [9.17, 15) is 0 Å². The van der Waals surface area contributed by atoms with E-state index in [4.69, 9.17) is 15.3 Å². The van der Waals surface area contributed by atoms with E-state index in [2.05, 4.69) is 22.7 Å². The molecule has 0 amide bonds. The van der Waals surface area contributed by atoms with Gasteiger partial charge in [-0.15, -0.1) is 0 Å². The summed E-state index contributed by atoms with van der Waals surface area (Å²) in [5.74, 6) is 6.56.